The maximum Gasteiger partial charge on any atom is 0.269 e. The molecule has 9 heteroatoms. The summed E-state index contributed by atoms with van der Waals surface area (Å²) in [5.74, 6) is 0.841. The average molecular weight is 348 g/mol. The van der Waals surface area contributed by atoms with Crippen LogP contribution < -0.4 is 0 Å². The molecular weight excluding hydrogens is 328 g/mol. The largest absolute Gasteiger partial charge is 0.304 e. The van der Waals surface area contributed by atoms with E-state index in [2.05, 4.69) is 27.0 Å². The summed E-state index contributed by atoms with van der Waals surface area (Å²) in [5, 5.41) is 17.9. The van der Waals surface area contributed by atoms with Crippen molar-refractivity contribution >= 4 is 17.9 Å². The number of hydrogen-bond acceptors (Lipinski definition) is 6. The predicted molar refractivity (Wildman–Crippen MR) is 93.0 cm³/mol. The van der Waals surface area contributed by atoms with Crippen LogP contribution in [-0.4, -0.2) is 69.3 Å². The molecule has 128 valence electrons. The van der Waals surface area contributed by atoms with Crippen LogP contribution in [0.4, 0.5) is 5.69 Å². The minimum absolute atomic E-state index is 0.0627. The molecule has 1 aliphatic rings. The Morgan fingerprint density at radius 3 is 2.54 bits per heavy atom. The van der Waals surface area contributed by atoms with E-state index in [9.17, 15) is 10.1 Å². The minimum atomic E-state index is -0.410. The van der Waals surface area contributed by atoms with Crippen molar-refractivity contribution in [2.24, 2.45) is 0 Å². The summed E-state index contributed by atoms with van der Waals surface area (Å²) in [4.78, 5) is 15.1. The van der Waals surface area contributed by atoms with Gasteiger partial charge in [0.05, 0.1) is 10.6 Å². The molecule has 0 aliphatic carbocycles. The topological polar surface area (TPSA) is 83.2 Å². The van der Waals surface area contributed by atoms with Crippen LogP contribution in [0.2, 0.25) is 0 Å². The molecule has 1 aromatic heterocycles. The van der Waals surface area contributed by atoms with Crippen LogP contribution in [0.3, 0.4) is 0 Å². The highest BCUT2D eigenvalue weighted by Crippen LogP contribution is 2.17. The Hall–Kier alpha value is -2.10. The van der Waals surface area contributed by atoms with Crippen LogP contribution >= 0.6 is 12.2 Å². The lowest BCUT2D eigenvalue weighted by Gasteiger charge is -2.32. The third kappa shape index (κ3) is 3.69. The van der Waals surface area contributed by atoms with E-state index in [1.54, 1.807) is 12.1 Å². The molecule has 0 radical (unpaired) electrons. The van der Waals surface area contributed by atoms with Crippen molar-refractivity contribution in [3.05, 3.63) is 45.0 Å². The second-order valence-electron chi connectivity index (χ2n) is 5.95. The van der Waals surface area contributed by atoms with Gasteiger partial charge in [0, 0.05) is 51.3 Å². The monoisotopic (exact) mass is 348 g/mol. The summed E-state index contributed by atoms with van der Waals surface area (Å²) in [6.07, 6.45) is 0.772. The fraction of sp³-hybridized carbons (Fsp3) is 0.467. The lowest BCUT2D eigenvalue weighted by molar-refractivity contribution is -0.384. The van der Waals surface area contributed by atoms with Gasteiger partial charge in [0.1, 0.15) is 5.82 Å². The normalized spacial score (nSPS) is 16.4. The first-order valence-corrected chi connectivity index (χ1v) is 8.27. The first-order valence-electron chi connectivity index (χ1n) is 7.86. The maximum absolute atomic E-state index is 10.8. The van der Waals surface area contributed by atoms with Gasteiger partial charge in [0.25, 0.3) is 5.69 Å². The fourth-order valence-corrected chi connectivity index (χ4v) is 3.07. The van der Waals surface area contributed by atoms with Crippen molar-refractivity contribution in [2.75, 3.05) is 39.8 Å². The third-order valence-corrected chi connectivity index (χ3v) is 4.58. The van der Waals surface area contributed by atoms with E-state index in [1.165, 1.54) is 12.1 Å². The number of benzene rings is 1. The van der Waals surface area contributed by atoms with Gasteiger partial charge in [-0.25, -0.2) is 0 Å². The molecule has 0 amide bonds. The molecule has 1 aromatic carbocycles. The summed E-state index contributed by atoms with van der Waals surface area (Å²) in [7, 11) is 2.14. The highest BCUT2D eigenvalue weighted by Gasteiger charge is 2.16. The molecule has 2 aromatic rings. The summed E-state index contributed by atoms with van der Waals surface area (Å²) in [6.45, 7) is 5.18. The number of aromatic amines is 1. The molecule has 0 unspecified atom stereocenters. The molecule has 2 heterocycles. The first kappa shape index (κ1) is 16.7. The number of non-ortho nitro benzene ring substituents is 1. The lowest BCUT2D eigenvalue weighted by Crippen LogP contribution is -2.45. The van der Waals surface area contributed by atoms with E-state index in [1.807, 2.05) is 4.57 Å². The zero-order valence-corrected chi connectivity index (χ0v) is 14.3. The number of rotatable bonds is 5. The van der Waals surface area contributed by atoms with E-state index in [4.69, 9.17) is 12.2 Å². The van der Waals surface area contributed by atoms with E-state index in [0.717, 1.165) is 50.7 Å². The summed E-state index contributed by atoms with van der Waals surface area (Å²) >= 11 is 5.32. The Kier molecular flexibility index (Phi) is 5.03. The van der Waals surface area contributed by atoms with Crippen LogP contribution in [0.5, 0.6) is 0 Å². The van der Waals surface area contributed by atoms with Gasteiger partial charge < -0.3 is 9.80 Å². The van der Waals surface area contributed by atoms with E-state index >= 15 is 0 Å². The second-order valence-corrected chi connectivity index (χ2v) is 6.34. The second kappa shape index (κ2) is 7.20. The number of nitrogens with one attached hydrogen (secondary N) is 1. The van der Waals surface area contributed by atoms with Gasteiger partial charge in [-0.15, -0.1) is 0 Å². The Morgan fingerprint density at radius 1 is 1.25 bits per heavy atom. The summed E-state index contributed by atoms with van der Waals surface area (Å²) < 4.78 is 2.34. The van der Waals surface area contributed by atoms with Crippen molar-refractivity contribution < 1.29 is 4.92 Å². The number of piperazine rings is 1. The molecule has 3 rings (SSSR count). The zero-order valence-electron chi connectivity index (χ0n) is 13.5. The van der Waals surface area contributed by atoms with Gasteiger partial charge in [-0.05, 0) is 31.4 Å². The van der Waals surface area contributed by atoms with E-state index < -0.39 is 4.92 Å². The van der Waals surface area contributed by atoms with Gasteiger partial charge in [0.15, 0.2) is 4.77 Å². The Morgan fingerprint density at radius 2 is 1.92 bits per heavy atom. The molecule has 8 nitrogen and oxygen atoms in total. The lowest BCUT2D eigenvalue weighted by atomic mass is 10.2. The van der Waals surface area contributed by atoms with E-state index in [-0.39, 0.29) is 5.69 Å². The van der Waals surface area contributed by atoms with Gasteiger partial charge in [-0.2, -0.15) is 5.10 Å². The van der Waals surface area contributed by atoms with Crippen LogP contribution in [-0.2, 0) is 6.42 Å². The summed E-state index contributed by atoms with van der Waals surface area (Å²) in [5.41, 5.74) is 0.848. The average Bonchev–Trinajstić information content (AvgIpc) is 2.95. The van der Waals surface area contributed by atoms with Crippen LogP contribution in [0.25, 0.3) is 5.69 Å². The van der Waals surface area contributed by atoms with Crippen molar-refractivity contribution in [2.45, 2.75) is 6.42 Å². The minimum Gasteiger partial charge on any atom is -0.304 e. The Labute approximate surface area is 144 Å². The molecule has 1 saturated heterocycles. The summed E-state index contributed by atoms with van der Waals surface area (Å²) in [6, 6.07) is 6.36. The molecule has 0 atom stereocenters. The van der Waals surface area contributed by atoms with Crippen LogP contribution in [0.1, 0.15) is 5.82 Å². The van der Waals surface area contributed by atoms with Crippen LogP contribution in [0, 0.1) is 14.9 Å². The number of hydrogen-bond donors (Lipinski definition) is 1. The maximum atomic E-state index is 10.8. The highest BCUT2D eigenvalue weighted by molar-refractivity contribution is 7.71. The van der Waals surface area contributed by atoms with Gasteiger partial charge >= 0.3 is 0 Å². The van der Waals surface area contributed by atoms with Crippen molar-refractivity contribution in [1.82, 2.24) is 24.6 Å². The van der Waals surface area contributed by atoms with Gasteiger partial charge in [-0.1, -0.05) is 0 Å². The van der Waals surface area contributed by atoms with Gasteiger partial charge in [-0.3, -0.25) is 19.8 Å². The quantitative estimate of drug-likeness (QED) is 0.502. The molecule has 0 bridgehead atoms. The molecule has 1 N–H and O–H groups in total. The number of H-pyrrole nitrogens is 1. The number of nitrogens with zero attached hydrogens (tertiary/aromatic N) is 5. The molecular formula is C15H20N6O2S. The Bertz CT molecular complexity index is 761. The van der Waals surface area contributed by atoms with Gasteiger partial charge in [0.2, 0.25) is 0 Å². The number of likely N-dealkylation sites (N-methyl/N-ethyl adjacent to an activating group) is 1. The molecule has 0 saturated carbocycles. The molecule has 1 aliphatic heterocycles. The first-order chi connectivity index (χ1) is 11.5. The SMILES string of the molecule is CN1CCN(CCc2n[nH]c(=S)n2-c2ccc([N+](=O)[O-])cc2)CC1. The fourth-order valence-electron chi connectivity index (χ4n) is 2.82. The highest BCUT2D eigenvalue weighted by atomic mass is 32.1. The van der Waals surface area contributed by atoms with Crippen LogP contribution in [0.15, 0.2) is 24.3 Å². The number of nitro groups is 1. The smallest absolute Gasteiger partial charge is 0.269 e. The number of aromatic nitrogens is 3. The molecule has 1 fully saturated rings. The number of nitro benzene ring substituents is 1. The van der Waals surface area contributed by atoms with E-state index in [0.29, 0.717) is 4.77 Å². The predicted octanol–water partition coefficient (Wildman–Crippen LogP) is 1.63. The van der Waals surface area contributed by atoms with Crippen molar-refractivity contribution in [3.63, 3.8) is 0 Å². The molecule has 24 heavy (non-hydrogen) atoms. The third-order valence-electron chi connectivity index (χ3n) is 4.31. The molecule has 0 spiro atoms. The van der Waals surface area contributed by atoms with Crippen molar-refractivity contribution in [3.8, 4) is 5.69 Å². The zero-order chi connectivity index (χ0) is 17.1. The van der Waals surface area contributed by atoms with Crippen molar-refractivity contribution in [1.29, 1.82) is 0 Å². The standard InChI is InChI=1S/C15H20N6O2S/c1-18-8-10-19(11-9-18)7-6-14-16-17-15(24)20(14)12-2-4-13(5-3-12)21(22)23/h2-5H,6-11H2,1H3,(H,17,24). The Balaban J connectivity index is 1.74.